The van der Waals surface area contributed by atoms with Gasteiger partial charge in [0.15, 0.2) is 0 Å². The number of aryl methyl sites for hydroxylation is 2. The Hall–Kier alpha value is -1.49. The minimum atomic E-state index is 0.417. The van der Waals surface area contributed by atoms with Crippen LogP contribution >= 0.6 is 11.3 Å². The minimum absolute atomic E-state index is 0.417. The van der Waals surface area contributed by atoms with Crippen molar-refractivity contribution in [3.05, 3.63) is 33.2 Å². The van der Waals surface area contributed by atoms with Gasteiger partial charge >= 0.3 is 0 Å². The Balaban J connectivity index is 2.35. The molecule has 2 heterocycles. The summed E-state index contributed by atoms with van der Waals surface area (Å²) in [6.07, 6.45) is 0.704. The van der Waals surface area contributed by atoms with Crippen molar-refractivity contribution in [2.75, 3.05) is 11.9 Å². The van der Waals surface area contributed by atoms with Gasteiger partial charge in [0.05, 0.1) is 6.42 Å². The lowest BCUT2D eigenvalue weighted by atomic mass is 10.0. The molecule has 0 aliphatic heterocycles. The topological polar surface area (TPSA) is 50.7 Å². The summed E-state index contributed by atoms with van der Waals surface area (Å²) in [7, 11) is 0. The second-order valence-corrected chi connectivity index (χ2v) is 6.17. The fourth-order valence-corrected chi connectivity index (χ4v) is 3.10. The molecule has 0 saturated heterocycles. The van der Waals surface area contributed by atoms with Gasteiger partial charge in [0.25, 0.3) is 0 Å². The van der Waals surface area contributed by atoms with E-state index in [-0.39, 0.29) is 0 Å². The van der Waals surface area contributed by atoms with Gasteiger partial charge in [-0.05, 0) is 26.7 Å². The first-order chi connectivity index (χ1) is 9.51. The van der Waals surface area contributed by atoms with Crippen LogP contribution in [-0.2, 0) is 6.42 Å². The van der Waals surface area contributed by atoms with Crippen molar-refractivity contribution in [3.63, 3.8) is 0 Å². The molecule has 20 heavy (non-hydrogen) atoms. The number of aromatic nitrogens is 3. The monoisotopic (exact) mass is 290 g/mol. The first-order valence-electron chi connectivity index (χ1n) is 7.03. The maximum atomic E-state index is 4.69. The van der Waals surface area contributed by atoms with E-state index in [9.17, 15) is 0 Å². The summed E-state index contributed by atoms with van der Waals surface area (Å²) in [6, 6.07) is 0. The fourth-order valence-electron chi connectivity index (χ4n) is 2.33. The zero-order valence-corrected chi connectivity index (χ0v) is 13.6. The third-order valence-electron chi connectivity index (χ3n) is 3.08. The van der Waals surface area contributed by atoms with Crippen molar-refractivity contribution in [2.24, 2.45) is 0 Å². The number of nitrogens with one attached hydrogen (secondary N) is 1. The van der Waals surface area contributed by atoms with Crippen molar-refractivity contribution in [1.29, 1.82) is 0 Å². The Morgan fingerprint density at radius 2 is 1.95 bits per heavy atom. The average Bonchev–Trinajstić information content (AvgIpc) is 2.74. The van der Waals surface area contributed by atoms with Gasteiger partial charge in [-0.15, -0.1) is 11.3 Å². The van der Waals surface area contributed by atoms with Gasteiger partial charge in [0.1, 0.15) is 16.6 Å². The smallest absolute Gasteiger partial charge is 0.137 e. The van der Waals surface area contributed by atoms with Gasteiger partial charge in [-0.25, -0.2) is 15.0 Å². The predicted molar refractivity (Wildman–Crippen MR) is 84.7 cm³/mol. The van der Waals surface area contributed by atoms with Crippen LogP contribution in [0.25, 0.3) is 0 Å². The van der Waals surface area contributed by atoms with Crippen LogP contribution < -0.4 is 5.32 Å². The van der Waals surface area contributed by atoms with Crippen molar-refractivity contribution in [1.82, 2.24) is 15.0 Å². The van der Waals surface area contributed by atoms with Crippen molar-refractivity contribution < 1.29 is 0 Å². The van der Waals surface area contributed by atoms with Gasteiger partial charge in [-0.1, -0.05) is 13.8 Å². The summed E-state index contributed by atoms with van der Waals surface area (Å²) >= 11 is 1.67. The molecule has 0 aliphatic carbocycles. The molecule has 0 fully saturated rings. The summed E-state index contributed by atoms with van der Waals surface area (Å²) in [4.78, 5) is 13.8. The average molecular weight is 290 g/mol. The normalized spacial score (nSPS) is 11.1. The Morgan fingerprint density at radius 3 is 2.50 bits per heavy atom. The number of hydrogen-bond acceptors (Lipinski definition) is 5. The predicted octanol–water partition coefficient (Wildman–Crippen LogP) is 3.70. The largest absolute Gasteiger partial charge is 0.370 e. The third kappa shape index (κ3) is 3.33. The highest BCUT2D eigenvalue weighted by Crippen LogP contribution is 2.26. The Bertz CT molecular complexity index is 590. The van der Waals surface area contributed by atoms with Crippen LogP contribution in [0.4, 0.5) is 5.82 Å². The Kier molecular flexibility index (Phi) is 4.70. The standard InChI is InChI=1S/C15H22N4S/c1-6-16-15-14(9(2)3)11(5)18-12(19-15)7-13-17-10(4)8-20-13/h8-9H,6-7H2,1-5H3,(H,16,18,19). The molecule has 2 aromatic rings. The molecule has 1 N–H and O–H groups in total. The van der Waals surface area contributed by atoms with Gasteiger partial charge < -0.3 is 5.32 Å². The van der Waals surface area contributed by atoms with Crippen LogP contribution in [-0.4, -0.2) is 21.5 Å². The molecule has 0 spiro atoms. The zero-order chi connectivity index (χ0) is 14.7. The molecule has 5 heteroatoms. The van der Waals surface area contributed by atoms with Crippen LogP contribution in [0.2, 0.25) is 0 Å². The fraction of sp³-hybridized carbons (Fsp3) is 0.533. The number of rotatable bonds is 5. The second kappa shape index (κ2) is 6.31. The maximum absolute atomic E-state index is 4.69. The molecule has 0 radical (unpaired) electrons. The van der Waals surface area contributed by atoms with Crippen LogP contribution in [0.1, 0.15) is 54.5 Å². The zero-order valence-electron chi connectivity index (χ0n) is 12.8. The first-order valence-corrected chi connectivity index (χ1v) is 7.91. The van der Waals surface area contributed by atoms with Crippen LogP contribution in [0, 0.1) is 13.8 Å². The third-order valence-corrected chi connectivity index (χ3v) is 4.05. The highest BCUT2D eigenvalue weighted by atomic mass is 32.1. The number of hydrogen-bond donors (Lipinski definition) is 1. The first kappa shape index (κ1) is 14.9. The molecule has 0 aromatic carbocycles. The molecule has 2 rings (SSSR count). The molecule has 0 saturated carbocycles. The molecule has 4 nitrogen and oxygen atoms in total. The van der Waals surface area contributed by atoms with Crippen molar-refractivity contribution in [3.8, 4) is 0 Å². The lowest BCUT2D eigenvalue weighted by molar-refractivity contribution is 0.810. The van der Waals surface area contributed by atoms with E-state index in [1.807, 2.05) is 6.92 Å². The van der Waals surface area contributed by atoms with Crippen molar-refractivity contribution in [2.45, 2.75) is 47.0 Å². The molecule has 0 atom stereocenters. The maximum Gasteiger partial charge on any atom is 0.137 e. The minimum Gasteiger partial charge on any atom is -0.370 e. The molecule has 2 aromatic heterocycles. The SMILES string of the molecule is CCNc1nc(Cc2nc(C)cs2)nc(C)c1C(C)C. The summed E-state index contributed by atoms with van der Waals surface area (Å²) in [5, 5.41) is 6.50. The van der Waals surface area contributed by atoms with E-state index < -0.39 is 0 Å². The summed E-state index contributed by atoms with van der Waals surface area (Å²) < 4.78 is 0. The molecular weight excluding hydrogens is 268 g/mol. The van der Waals surface area contributed by atoms with E-state index in [0.29, 0.717) is 12.3 Å². The summed E-state index contributed by atoms with van der Waals surface area (Å²) in [5.41, 5.74) is 3.34. The number of anilines is 1. The lowest BCUT2D eigenvalue weighted by Gasteiger charge is -2.16. The van der Waals surface area contributed by atoms with Crippen molar-refractivity contribution >= 4 is 17.2 Å². The number of nitrogens with zero attached hydrogens (tertiary/aromatic N) is 3. The molecule has 0 unspecified atom stereocenters. The van der Waals surface area contributed by atoms with E-state index in [1.54, 1.807) is 11.3 Å². The Labute approximate surface area is 124 Å². The quantitative estimate of drug-likeness (QED) is 0.912. The molecule has 0 bridgehead atoms. The second-order valence-electron chi connectivity index (χ2n) is 5.23. The number of thiazole rings is 1. The van der Waals surface area contributed by atoms with Crippen LogP contribution in [0.5, 0.6) is 0 Å². The molecule has 108 valence electrons. The lowest BCUT2D eigenvalue weighted by Crippen LogP contribution is -2.11. The van der Waals surface area contributed by atoms with E-state index in [2.05, 4.69) is 48.4 Å². The van der Waals surface area contributed by atoms with Crippen LogP contribution in [0.3, 0.4) is 0 Å². The van der Waals surface area contributed by atoms with Gasteiger partial charge in [-0.3, -0.25) is 0 Å². The molecular formula is C15H22N4S. The van der Waals surface area contributed by atoms with Gasteiger partial charge in [0.2, 0.25) is 0 Å². The van der Waals surface area contributed by atoms with E-state index >= 15 is 0 Å². The van der Waals surface area contributed by atoms with Gasteiger partial charge in [-0.2, -0.15) is 0 Å². The Morgan fingerprint density at radius 1 is 1.20 bits per heavy atom. The van der Waals surface area contributed by atoms with E-state index in [4.69, 9.17) is 4.98 Å². The van der Waals surface area contributed by atoms with E-state index in [0.717, 1.165) is 34.6 Å². The molecule has 0 amide bonds. The van der Waals surface area contributed by atoms with Crippen LogP contribution in [0.15, 0.2) is 5.38 Å². The van der Waals surface area contributed by atoms with Gasteiger partial charge in [0, 0.05) is 28.9 Å². The highest BCUT2D eigenvalue weighted by Gasteiger charge is 2.15. The molecule has 0 aliphatic rings. The summed E-state index contributed by atoms with van der Waals surface area (Å²) in [6.45, 7) is 11.4. The van der Waals surface area contributed by atoms with E-state index in [1.165, 1.54) is 5.56 Å². The summed E-state index contributed by atoms with van der Waals surface area (Å²) in [5.74, 6) is 2.23. The highest BCUT2D eigenvalue weighted by molar-refractivity contribution is 7.09.